The summed E-state index contributed by atoms with van der Waals surface area (Å²) in [6.45, 7) is 7.46. The number of hydrogen-bond acceptors (Lipinski definition) is 7. The van der Waals surface area contributed by atoms with Crippen LogP contribution >= 0.6 is 11.3 Å². The Labute approximate surface area is 188 Å². The average molecular weight is 446 g/mol. The Hall–Kier alpha value is -2.58. The summed E-state index contributed by atoms with van der Waals surface area (Å²) in [7, 11) is 4.67. The first-order chi connectivity index (χ1) is 14.9. The van der Waals surface area contributed by atoms with Crippen LogP contribution in [0.15, 0.2) is 18.2 Å². The van der Waals surface area contributed by atoms with Gasteiger partial charge in [0.1, 0.15) is 0 Å². The molecule has 0 atom stereocenters. The van der Waals surface area contributed by atoms with E-state index in [4.69, 9.17) is 14.2 Å². The minimum atomic E-state index is -0.235. The van der Waals surface area contributed by atoms with Crippen LogP contribution < -0.4 is 19.5 Å². The Bertz CT molecular complexity index is 908. The third-order valence-electron chi connectivity index (χ3n) is 5.48. The van der Waals surface area contributed by atoms with Gasteiger partial charge in [-0.3, -0.25) is 15.0 Å². The van der Waals surface area contributed by atoms with Gasteiger partial charge in [0.05, 0.1) is 27.0 Å². The number of carbonyl (C=O) groups excluding carboxylic acids is 1. The van der Waals surface area contributed by atoms with Crippen molar-refractivity contribution in [3.8, 4) is 17.2 Å². The Kier molecular flexibility index (Phi) is 7.92. The summed E-state index contributed by atoms with van der Waals surface area (Å²) < 4.78 is 16.0. The Balaban J connectivity index is 1.64. The number of carbonyl (C=O) groups is 1. The molecule has 3 rings (SSSR count). The second kappa shape index (κ2) is 10.6. The number of benzene rings is 1. The molecule has 0 saturated carbocycles. The zero-order valence-electron chi connectivity index (χ0n) is 18.9. The van der Waals surface area contributed by atoms with E-state index in [1.165, 1.54) is 23.8 Å². The normalized spacial score (nSPS) is 15.3. The number of ether oxygens (including phenoxy) is 3. The van der Waals surface area contributed by atoms with Gasteiger partial charge in [-0.1, -0.05) is 6.92 Å². The van der Waals surface area contributed by atoms with Crippen molar-refractivity contribution in [2.24, 2.45) is 5.92 Å². The van der Waals surface area contributed by atoms with Crippen molar-refractivity contribution in [3.05, 3.63) is 34.3 Å². The molecule has 1 aliphatic rings. The molecule has 0 aliphatic carbocycles. The van der Waals surface area contributed by atoms with Crippen LogP contribution in [0.3, 0.4) is 0 Å². The van der Waals surface area contributed by atoms with Gasteiger partial charge in [-0.25, -0.2) is 4.98 Å². The summed E-state index contributed by atoms with van der Waals surface area (Å²) >= 11 is 1.55. The van der Waals surface area contributed by atoms with Gasteiger partial charge < -0.3 is 14.2 Å². The molecule has 0 bridgehead atoms. The first-order valence-corrected chi connectivity index (χ1v) is 11.2. The summed E-state index contributed by atoms with van der Waals surface area (Å²) in [4.78, 5) is 20.6. The highest BCUT2D eigenvalue weighted by atomic mass is 32.1. The van der Waals surface area contributed by atoms with Crippen LogP contribution in [0.2, 0.25) is 0 Å². The van der Waals surface area contributed by atoms with Crippen molar-refractivity contribution in [3.63, 3.8) is 0 Å². The highest BCUT2D eigenvalue weighted by Crippen LogP contribution is 2.38. The van der Waals surface area contributed by atoms with Gasteiger partial charge >= 0.3 is 0 Å². The van der Waals surface area contributed by atoms with E-state index in [1.54, 1.807) is 50.9 Å². The molecule has 0 radical (unpaired) electrons. The number of amides is 1. The van der Waals surface area contributed by atoms with Crippen LogP contribution in [-0.4, -0.2) is 50.2 Å². The number of methoxy groups -OCH3 is 3. The lowest BCUT2D eigenvalue weighted by Gasteiger charge is -2.29. The SMILES string of the molecule is COc1cc(/C=C/C(=O)Nc2nc(C)c(CN3CCC(C)CC3)s2)cc(OC)c1OC. The minimum Gasteiger partial charge on any atom is -0.493 e. The van der Waals surface area contributed by atoms with E-state index >= 15 is 0 Å². The van der Waals surface area contributed by atoms with Crippen molar-refractivity contribution in [2.45, 2.75) is 33.2 Å². The number of thiazole rings is 1. The molecule has 1 aromatic heterocycles. The number of rotatable bonds is 8. The predicted molar refractivity (Wildman–Crippen MR) is 124 cm³/mol. The molecule has 2 aromatic rings. The van der Waals surface area contributed by atoms with E-state index in [9.17, 15) is 4.79 Å². The molecule has 1 fully saturated rings. The second-order valence-electron chi connectivity index (χ2n) is 7.77. The van der Waals surface area contributed by atoms with E-state index in [2.05, 4.69) is 22.1 Å². The van der Waals surface area contributed by atoms with Crippen LogP contribution in [0.25, 0.3) is 6.08 Å². The van der Waals surface area contributed by atoms with Crippen molar-refractivity contribution in [2.75, 3.05) is 39.7 Å². The molecule has 1 amide bonds. The maximum absolute atomic E-state index is 12.4. The molecular weight excluding hydrogens is 414 g/mol. The highest BCUT2D eigenvalue weighted by molar-refractivity contribution is 7.15. The molecule has 0 unspecified atom stereocenters. The minimum absolute atomic E-state index is 0.235. The van der Waals surface area contributed by atoms with Crippen LogP contribution in [0, 0.1) is 12.8 Å². The average Bonchev–Trinajstić information content (AvgIpc) is 3.11. The van der Waals surface area contributed by atoms with Gasteiger partial charge in [0, 0.05) is 17.5 Å². The Morgan fingerprint density at radius 1 is 1.19 bits per heavy atom. The predicted octanol–water partition coefficient (Wildman–Crippen LogP) is 4.36. The van der Waals surface area contributed by atoms with Gasteiger partial charge in [0.15, 0.2) is 16.6 Å². The summed E-state index contributed by atoms with van der Waals surface area (Å²) in [5.41, 5.74) is 1.74. The number of nitrogens with one attached hydrogen (secondary N) is 1. The van der Waals surface area contributed by atoms with Gasteiger partial charge in [-0.05, 0) is 62.5 Å². The van der Waals surface area contributed by atoms with Crippen LogP contribution in [0.1, 0.15) is 35.9 Å². The highest BCUT2D eigenvalue weighted by Gasteiger charge is 2.18. The topological polar surface area (TPSA) is 72.9 Å². The van der Waals surface area contributed by atoms with E-state index in [1.807, 2.05) is 6.92 Å². The van der Waals surface area contributed by atoms with Crippen molar-refractivity contribution < 1.29 is 19.0 Å². The first kappa shape index (κ1) is 23.1. The van der Waals surface area contributed by atoms with Crippen LogP contribution in [-0.2, 0) is 11.3 Å². The monoisotopic (exact) mass is 445 g/mol. The van der Waals surface area contributed by atoms with Gasteiger partial charge in [-0.15, -0.1) is 11.3 Å². The van der Waals surface area contributed by atoms with Crippen LogP contribution in [0.5, 0.6) is 17.2 Å². The van der Waals surface area contributed by atoms with Crippen molar-refractivity contribution >= 4 is 28.5 Å². The molecule has 168 valence electrons. The largest absolute Gasteiger partial charge is 0.493 e. The standard InChI is InChI=1S/C23H31N3O4S/c1-15-8-10-26(11-9-15)14-20-16(2)24-23(31-20)25-21(27)7-6-17-12-18(28-3)22(30-5)19(13-17)29-4/h6-7,12-13,15H,8-11,14H2,1-5H3,(H,24,25,27)/b7-6+. The van der Waals surface area contributed by atoms with Crippen LogP contribution in [0.4, 0.5) is 5.13 Å². The zero-order chi connectivity index (χ0) is 22.4. The molecule has 0 spiro atoms. The zero-order valence-corrected chi connectivity index (χ0v) is 19.7. The smallest absolute Gasteiger partial charge is 0.250 e. The first-order valence-electron chi connectivity index (χ1n) is 10.4. The fourth-order valence-electron chi connectivity index (χ4n) is 3.57. The number of likely N-dealkylation sites (tertiary alicyclic amines) is 1. The lowest BCUT2D eigenvalue weighted by atomic mass is 9.99. The quantitative estimate of drug-likeness (QED) is 0.609. The molecule has 1 saturated heterocycles. The second-order valence-corrected chi connectivity index (χ2v) is 8.85. The molecule has 31 heavy (non-hydrogen) atoms. The fourth-order valence-corrected chi connectivity index (χ4v) is 4.58. The third kappa shape index (κ3) is 5.98. The molecule has 7 nitrogen and oxygen atoms in total. The van der Waals surface area contributed by atoms with E-state index in [0.717, 1.165) is 36.8 Å². The van der Waals surface area contributed by atoms with Gasteiger partial charge in [0.2, 0.25) is 11.7 Å². The molecule has 1 aliphatic heterocycles. The molecular formula is C23H31N3O4S. The summed E-state index contributed by atoms with van der Waals surface area (Å²) in [5.74, 6) is 2.16. The number of piperidine rings is 1. The number of nitrogens with zero attached hydrogens (tertiary/aromatic N) is 2. The number of hydrogen-bond donors (Lipinski definition) is 1. The summed E-state index contributed by atoms with van der Waals surface area (Å²) in [6, 6.07) is 3.58. The summed E-state index contributed by atoms with van der Waals surface area (Å²) in [6.07, 6.45) is 5.67. The lowest BCUT2D eigenvalue weighted by molar-refractivity contribution is -0.111. The molecule has 1 aromatic carbocycles. The van der Waals surface area contributed by atoms with Crippen molar-refractivity contribution in [1.82, 2.24) is 9.88 Å². The molecule has 2 heterocycles. The maximum atomic E-state index is 12.4. The fraction of sp³-hybridized carbons (Fsp3) is 0.478. The summed E-state index contributed by atoms with van der Waals surface area (Å²) in [5, 5.41) is 3.50. The van der Waals surface area contributed by atoms with Gasteiger partial charge in [-0.2, -0.15) is 0 Å². The lowest BCUT2D eigenvalue weighted by Crippen LogP contribution is -2.32. The maximum Gasteiger partial charge on any atom is 0.250 e. The van der Waals surface area contributed by atoms with E-state index in [0.29, 0.717) is 22.4 Å². The number of aromatic nitrogens is 1. The Morgan fingerprint density at radius 2 is 1.84 bits per heavy atom. The van der Waals surface area contributed by atoms with E-state index in [-0.39, 0.29) is 5.91 Å². The Morgan fingerprint density at radius 3 is 2.42 bits per heavy atom. The van der Waals surface area contributed by atoms with E-state index < -0.39 is 0 Å². The molecule has 1 N–H and O–H groups in total. The third-order valence-corrected chi connectivity index (χ3v) is 6.54. The number of aryl methyl sites for hydroxylation is 1. The van der Waals surface area contributed by atoms with Crippen molar-refractivity contribution in [1.29, 1.82) is 0 Å². The molecule has 8 heteroatoms. The number of anilines is 1. The van der Waals surface area contributed by atoms with Gasteiger partial charge in [0.25, 0.3) is 0 Å².